The minimum atomic E-state index is -3.98. The van der Waals surface area contributed by atoms with Crippen molar-refractivity contribution in [2.75, 3.05) is 19.7 Å². The van der Waals surface area contributed by atoms with Gasteiger partial charge in [0.25, 0.3) is 5.56 Å². The molecule has 1 aromatic heterocycles. The predicted molar refractivity (Wildman–Crippen MR) is 146 cm³/mol. The van der Waals surface area contributed by atoms with E-state index >= 15 is 0 Å². The molecule has 1 heterocycles. The number of halogens is 2. The summed E-state index contributed by atoms with van der Waals surface area (Å²) in [5.74, 6) is 0. The topological polar surface area (TPSA) is 161 Å². The molecule has 36 heavy (non-hydrogen) atoms. The van der Waals surface area contributed by atoms with Crippen LogP contribution in [0.3, 0.4) is 0 Å². The van der Waals surface area contributed by atoms with Crippen LogP contribution in [-0.4, -0.2) is 53.8 Å². The van der Waals surface area contributed by atoms with Crippen LogP contribution in [0, 0.1) is 0 Å². The molecule has 0 bridgehead atoms. The van der Waals surface area contributed by atoms with Crippen molar-refractivity contribution < 1.29 is 42.1 Å². The standard InChI is InChI=1S/C20H27I2N2O11P/c1-13(2)34-19(27)30-11-32-36(29,33-12-31-20(28)35-14(3)4)8-6-5-7-24-10-15(16(22)9-21)17(25)23-18(24)26/h5-6,9-10,13-14H,7-8,11-12H2,1-4H3,(H,23,25,26)/b6-5+,16-9-. The van der Waals surface area contributed by atoms with Crippen molar-refractivity contribution in [1.82, 2.24) is 9.55 Å². The summed E-state index contributed by atoms with van der Waals surface area (Å²) in [7, 11) is -3.98. The molecule has 0 amide bonds. The molecule has 202 valence electrons. The van der Waals surface area contributed by atoms with Gasteiger partial charge in [-0.05, 0) is 54.4 Å². The number of allylic oxidation sites excluding steroid dienone is 2. The summed E-state index contributed by atoms with van der Waals surface area (Å²) in [4.78, 5) is 49.3. The van der Waals surface area contributed by atoms with Crippen LogP contribution in [-0.2, 0) is 39.1 Å². The van der Waals surface area contributed by atoms with Crippen molar-refractivity contribution in [3.63, 3.8) is 0 Å². The largest absolute Gasteiger partial charge is 0.510 e. The molecule has 0 atom stereocenters. The lowest BCUT2D eigenvalue weighted by Gasteiger charge is -2.17. The molecule has 16 heteroatoms. The SMILES string of the molecule is CC(C)OC(=O)OCOP(=O)(C/C=C/Cn1cc(/C(I)=C/I)c(=O)[nH]c1=O)OCOC(=O)OC(C)C. The molecule has 1 rings (SSSR count). The van der Waals surface area contributed by atoms with Gasteiger partial charge in [-0.25, -0.2) is 14.4 Å². The number of hydrogen-bond acceptors (Lipinski definition) is 11. The van der Waals surface area contributed by atoms with Crippen LogP contribution in [0.25, 0.3) is 3.58 Å². The van der Waals surface area contributed by atoms with Gasteiger partial charge in [-0.3, -0.25) is 28.0 Å². The molecule has 0 aliphatic rings. The van der Waals surface area contributed by atoms with Gasteiger partial charge >= 0.3 is 25.6 Å². The van der Waals surface area contributed by atoms with Gasteiger partial charge in [0.1, 0.15) is 0 Å². The molecule has 1 aromatic rings. The number of nitrogens with zero attached hydrogens (tertiary/aromatic N) is 1. The third kappa shape index (κ3) is 12.5. The lowest BCUT2D eigenvalue weighted by atomic mass is 10.3. The van der Waals surface area contributed by atoms with Gasteiger partial charge in [0.15, 0.2) is 0 Å². The number of ether oxygens (including phenoxy) is 4. The highest BCUT2D eigenvalue weighted by molar-refractivity contribution is 14.1. The van der Waals surface area contributed by atoms with E-state index in [2.05, 4.69) is 4.98 Å². The number of rotatable bonds is 13. The van der Waals surface area contributed by atoms with Gasteiger partial charge in [-0.2, -0.15) is 0 Å². The second kappa shape index (κ2) is 16.2. The van der Waals surface area contributed by atoms with E-state index in [1.54, 1.807) is 31.8 Å². The molecule has 0 saturated heterocycles. The molecule has 13 nitrogen and oxygen atoms in total. The molecule has 0 aromatic carbocycles. The maximum absolute atomic E-state index is 13.0. The molecule has 0 aliphatic carbocycles. The minimum absolute atomic E-state index is 0.0300. The highest BCUT2D eigenvalue weighted by Gasteiger charge is 2.25. The third-order valence-electron chi connectivity index (χ3n) is 3.68. The van der Waals surface area contributed by atoms with Crippen molar-refractivity contribution in [3.8, 4) is 0 Å². The number of hydrogen-bond donors (Lipinski definition) is 1. The van der Waals surface area contributed by atoms with E-state index < -0.39 is 56.9 Å². The summed E-state index contributed by atoms with van der Waals surface area (Å²) in [6.07, 6.45) is 1.03. The Morgan fingerprint density at radius 3 is 2.03 bits per heavy atom. The van der Waals surface area contributed by atoms with E-state index in [0.29, 0.717) is 9.14 Å². The zero-order valence-electron chi connectivity index (χ0n) is 19.9. The monoisotopic (exact) mass is 756 g/mol. The van der Waals surface area contributed by atoms with Gasteiger partial charge in [0, 0.05) is 16.3 Å². The summed E-state index contributed by atoms with van der Waals surface area (Å²) >= 11 is 3.95. The summed E-state index contributed by atoms with van der Waals surface area (Å²) < 4.78 is 45.8. The van der Waals surface area contributed by atoms with Crippen molar-refractivity contribution in [2.45, 2.75) is 46.4 Å². The van der Waals surface area contributed by atoms with Crippen molar-refractivity contribution in [2.24, 2.45) is 0 Å². The van der Waals surface area contributed by atoms with Gasteiger partial charge < -0.3 is 18.9 Å². The number of carbonyl (C=O) groups is 2. The van der Waals surface area contributed by atoms with Gasteiger partial charge in [0.05, 0.1) is 23.9 Å². The summed E-state index contributed by atoms with van der Waals surface area (Å²) in [6, 6.07) is 0. The molecular weight excluding hydrogens is 729 g/mol. The number of H-pyrrole nitrogens is 1. The first kappa shape index (κ1) is 32.3. The Labute approximate surface area is 234 Å². The molecule has 0 radical (unpaired) electrons. The number of aromatic amines is 1. The van der Waals surface area contributed by atoms with Crippen LogP contribution in [0.4, 0.5) is 9.59 Å². The first-order chi connectivity index (χ1) is 16.9. The van der Waals surface area contributed by atoms with Crippen molar-refractivity contribution in [1.29, 1.82) is 0 Å². The molecular formula is C20H27I2N2O11P. The minimum Gasteiger partial charge on any atom is -0.432 e. The number of carbonyl (C=O) groups excluding carboxylic acids is 2. The van der Waals surface area contributed by atoms with Gasteiger partial charge in [-0.15, -0.1) is 0 Å². The Hall–Kier alpha value is -1.69. The fourth-order valence-electron chi connectivity index (χ4n) is 2.17. The lowest BCUT2D eigenvalue weighted by molar-refractivity contribution is -0.0298. The Morgan fingerprint density at radius 2 is 1.56 bits per heavy atom. The Bertz CT molecular complexity index is 1080. The first-order valence-corrected chi connectivity index (χ1v) is 14.4. The smallest absolute Gasteiger partial charge is 0.432 e. The van der Waals surface area contributed by atoms with Gasteiger partial charge in [0.2, 0.25) is 13.6 Å². The van der Waals surface area contributed by atoms with Crippen LogP contribution in [0.15, 0.2) is 32.0 Å². The second-order valence-corrected chi connectivity index (χ2v) is 11.2. The van der Waals surface area contributed by atoms with Crippen LogP contribution < -0.4 is 11.2 Å². The maximum atomic E-state index is 13.0. The van der Waals surface area contributed by atoms with Crippen LogP contribution >= 0.6 is 52.8 Å². The number of aromatic nitrogens is 2. The van der Waals surface area contributed by atoms with Crippen LogP contribution in [0.5, 0.6) is 0 Å². The van der Waals surface area contributed by atoms with E-state index in [-0.39, 0.29) is 12.7 Å². The van der Waals surface area contributed by atoms with Gasteiger partial charge in [-0.1, -0.05) is 34.7 Å². The highest BCUT2D eigenvalue weighted by Crippen LogP contribution is 2.48. The zero-order chi connectivity index (χ0) is 27.3. The van der Waals surface area contributed by atoms with Crippen LogP contribution in [0.1, 0.15) is 33.3 Å². The number of nitrogens with one attached hydrogen (secondary N) is 1. The summed E-state index contributed by atoms with van der Waals surface area (Å²) in [6.45, 7) is 4.99. The summed E-state index contributed by atoms with van der Waals surface area (Å²) in [5, 5.41) is 0. The fraction of sp³-hybridized carbons (Fsp3) is 0.500. The van der Waals surface area contributed by atoms with E-state index in [1.807, 2.05) is 45.2 Å². The quantitative estimate of drug-likeness (QED) is 0.0991. The lowest BCUT2D eigenvalue weighted by Crippen LogP contribution is -2.30. The molecule has 0 fully saturated rings. The van der Waals surface area contributed by atoms with E-state index in [0.717, 1.165) is 0 Å². The second-order valence-electron chi connectivity index (χ2n) is 7.29. The Kier molecular flexibility index (Phi) is 14.6. The maximum Gasteiger partial charge on any atom is 0.510 e. The molecule has 1 N–H and O–H groups in total. The third-order valence-corrected chi connectivity index (χ3v) is 8.04. The summed E-state index contributed by atoms with van der Waals surface area (Å²) in [5.41, 5.74) is -0.835. The average molecular weight is 756 g/mol. The molecule has 0 spiro atoms. The normalized spacial score (nSPS) is 12.3. The van der Waals surface area contributed by atoms with E-state index in [4.69, 9.17) is 28.0 Å². The van der Waals surface area contributed by atoms with E-state index in [1.165, 1.54) is 22.9 Å². The first-order valence-electron chi connectivity index (χ1n) is 10.4. The Balaban J connectivity index is 2.86. The molecule has 0 saturated carbocycles. The van der Waals surface area contributed by atoms with Crippen molar-refractivity contribution >= 4 is 68.7 Å². The van der Waals surface area contributed by atoms with E-state index in [9.17, 15) is 23.7 Å². The Morgan fingerprint density at radius 1 is 1.03 bits per heavy atom. The highest BCUT2D eigenvalue weighted by atomic mass is 127. The van der Waals surface area contributed by atoms with Crippen molar-refractivity contribution in [3.05, 3.63) is 48.8 Å². The molecule has 0 unspecified atom stereocenters. The molecule has 0 aliphatic heterocycles. The van der Waals surface area contributed by atoms with Crippen LogP contribution in [0.2, 0.25) is 0 Å². The predicted octanol–water partition coefficient (Wildman–Crippen LogP) is 4.53. The fourth-order valence-corrected chi connectivity index (χ4v) is 4.01. The zero-order valence-corrected chi connectivity index (χ0v) is 25.1. The average Bonchev–Trinajstić information content (AvgIpc) is 2.76.